The molecule has 15 rings (SSSR count). The number of rotatable bonds is 6. The van der Waals surface area contributed by atoms with Crippen molar-refractivity contribution in [1.29, 1.82) is 0 Å². The highest BCUT2D eigenvalue weighted by Gasteiger charge is 2.47. The Labute approximate surface area is 405 Å². The van der Waals surface area contributed by atoms with Gasteiger partial charge in [-0.3, -0.25) is 0 Å². The van der Waals surface area contributed by atoms with Crippen molar-refractivity contribution in [2.24, 2.45) is 0 Å². The van der Waals surface area contributed by atoms with Gasteiger partial charge in [0.05, 0.1) is 0 Å². The Bertz CT molecular complexity index is 3960. The minimum absolute atomic E-state index is 0.134. The Morgan fingerprint density at radius 3 is 1.43 bits per heavy atom. The van der Waals surface area contributed by atoms with E-state index >= 15 is 0 Å². The first kappa shape index (κ1) is 38.9. The van der Waals surface area contributed by atoms with Gasteiger partial charge in [-0.25, -0.2) is 0 Å². The number of anilines is 6. The number of benzene rings is 11. The molecule has 6 nitrogen and oxygen atoms in total. The van der Waals surface area contributed by atoms with Crippen LogP contribution in [0, 0.1) is 0 Å². The SMILES string of the molecule is c1ccc(N2c3ccccc3B3c4cc5c(cc4N(c4ccccc4)c4cc(Oc6ccc7ccccc7c6)cc2c43)Oc2cc(Oc3ccc4ccccc4c3)cc3c2B5c2ccccc2O3)cc1. The van der Waals surface area contributed by atoms with Crippen LogP contribution in [0.1, 0.15) is 0 Å². The Kier molecular flexibility index (Phi) is 8.45. The second kappa shape index (κ2) is 15.2. The van der Waals surface area contributed by atoms with Gasteiger partial charge < -0.3 is 28.7 Å². The Hall–Kier alpha value is -9.13. The van der Waals surface area contributed by atoms with E-state index in [0.29, 0.717) is 11.5 Å². The van der Waals surface area contributed by atoms with Crippen LogP contribution in [0.15, 0.2) is 231 Å². The van der Waals surface area contributed by atoms with Crippen molar-refractivity contribution in [2.45, 2.75) is 0 Å². The standard InChI is InChI=1S/C62H38B2N2O4/c1-3-19-43(20-4-1)65-53-25-13-11-23-49(53)63-51-37-52-58(70-60-36-48(68-46-30-28-40-16-8-10-18-42(40)32-46)35-59-62(60)64(52)50-24-12-14-26-57(50)69-59)38-54(51)66(44-21-5-2-6-22-44)56-34-47(33-55(65)61(56)63)67-45-29-27-39-15-7-9-17-41(39)31-45/h1-38H. The van der Waals surface area contributed by atoms with Crippen LogP contribution in [0.4, 0.5) is 34.1 Å². The van der Waals surface area contributed by atoms with Gasteiger partial charge >= 0.3 is 0 Å². The predicted octanol–water partition coefficient (Wildman–Crippen LogP) is 12.4. The lowest BCUT2D eigenvalue weighted by Gasteiger charge is -2.45. The summed E-state index contributed by atoms with van der Waals surface area (Å²) in [5, 5.41) is 4.55. The van der Waals surface area contributed by atoms with Crippen LogP contribution >= 0.6 is 0 Å². The normalized spacial score (nSPS) is 13.3. The van der Waals surface area contributed by atoms with Crippen LogP contribution < -0.4 is 61.5 Å². The first-order valence-corrected chi connectivity index (χ1v) is 23.8. The molecule has 0 N–H and O–H groups in total. The number of ether oxygens (including phenoxy) is 4. The fourth-order valence-corrected chi connectivity index (χ4v) is 11.4. The molecule has 11 aromatic carbocycles. The number of hydrogen-bond acceptors (Lipinski definition) is 6. The molecule has 0 bridgehead atoms. The molecule has 0 fully saturated rings. The van der Waals surface area contributed by atoms with E-state index in [1.165, 1.54) is 21.8 Å². The lowest BCUT2D eigenvalue weighted by Crippen LogP contribution is -2.63. The van der Waals surface area contributed by atoms with Crippen molar-refractivity contribution in [1.82, 2.24) is 0 Å². The summed E-state index contributed by atoms with van der Waals surface area (Å²) < 4.78 is 27.6. The minimum Gasteiger partial charge on any atom is -0.458 e. The molecule has 8 heteroatoms. The maximum Gasteiger partial charge on any atom is 0.260 e. The van der Waals surface area contributed by atoms with Gasteiger partial charge in [-0.1, -0.05) is 140 Å². The van der Waals surface area contributed by atoms with E-state index in [9.17, 15) is 0 Å². The van der Waals surface area contributed by atoms with Crippen LogP contribution in [0.5, 0.6) is 46.0 Å². The lowest BCUT2D eigenvalue weighted by atomic mass is 9.31. The largest absolute Gasteiger partial charge is 0.458 e. The van der Waals surface area contributed by atoms with Crippen molar-refractivity contribution >= 4 is 102 Å². The molecular weight excluding hydrogens is 858 g/mol. The van der Waals surface area contributed by atoms with E-state index in [-0.39, 0.29) is 13.4 Å². The first-order valence-electron chi connectivity index (χ1n) is 23.8. The predicted molar refractivity (Wildman–Crippen MR) is 286 cm³/mol. The quantitative estimate of drug-likeness (QED) is 0.155. The third-order valence-corrected chi connectivity index (χ3v) is 14.4. The molecule has 4 aliphatic heterocycles. The van der Waals surface area contributed by atoms with Crippen molar-refractivity contribution < 1.29 is 18.9 Å². The van der Waals surface area contributed by atoms with Crippen LogP contribution in [-0.4, -0.2) is 13.4 Å². The molecule has 0 aliphatic carbocycles. The Morgan fingerprint density at radius 2 is 0.786 bits per heavy atom. The highest BCUT2D eigenvalue weighted by Crippen LogP contribution is 2.48. The molecule has 0 spiro atoms. The van der Waals surface area contributed by atoms with Crippen LogP contribution in [0.25, 0.3) is 21.5 Å². The molecule has 0 saturated carbocycles. The van der Waals surface area contributed by atoms with Crippen molar-refractivity contribution in [3.05, 3.63) is 231 Å². The van der Waals surface area contributed by atoms with E-state index in [2.05, 4.69) is 210 Å². The van der Waals surface area contributed by atoms with E-state index < -0.39 is 0 Å². The molecular formula is C62H38B2N2O4. The molecule has 0 atom stereocenters. The summed E-state index contributed by atoms with van der Waals surface area (Å²) in [6.45, 7) is -0.299. The molecule has 4 aliphatic rings. The maximum absolute atomic E-state index is 7.20. The van der Waals surface area contributed by atoms with Gasteiger partial charge in [0.25, 0.3) is 13.4 Å². The number of hydrogen-bond donors (Lipinski definition) is 0. The Balaban J connectivity index is 0.955. The zero-order valence-electron chi connectivity index (χ0n) is 37.6. The monoisotopic (exact) mass is 896 g/mol. The lowest BCUT2D eigenvalue weighted by molar-refractivity contribution is 0.443. The van der Waals surface area contributed by atoms with E-state index in [4.69, 9.17) is 18.9 Å². The highest BCUT2D eigenvalue weighted by molar-refractivity contribution is 7.02. The summed E-state index contributed by atoms with van der Waals surface area (Å²) in [6, 6.07) is 81.0. The summed E-state index contributed by atoms with van der Waals surface area (Å²) in [5.41, 5.74) is 13.1. The summed E-state index contributed by atoms with van der Waals surface area (Å²) in [7, 11) is 0. The topological polar surface area (TPSA) is 43.4 Å². The maximum atomic E-state index is 7.20. The van der Waals surface area contributed by atoms with E-state index in [0.717, 1.165) is 101 Å². The smallest absolute Gasteiger partial charge is 0.260 e. The van der Waals surface area contributed by atoms with Gasteiger partial charge in [-0.05, 0) is 110 Å². The fourth-order valence-electron chi connectivity index (χ4n) is 11.4. The highest BCUT2D eigenvalue weighted by atomic mass is 16.5. The van der Waals surface area contributed by atoms with E-state index in [1.54, 1.807) is 0 Å². The molecule has 0 amide bonds. The molecule has 0 saturated heterocycles. The van der Waals surface area contributed by atoms with Crippen molar-refractivity contribution in [2.75, 3.05) is 9.80 Å². The third kappa shape index (κ3) is 6.03. The van der Waals surface area contributed by atoms with Crippen molar-refractivity contribution in [3.8, 4) is 46.0 Å². The molecule has 11 aromatic rings. The fraction of sp³-hybridized carbons (Fsp3) is 0. The van der Waals surface area contributed by atoms with Crippen LogP contribution in [0.2, 0.25) is 0 Å². The molecule has 70 heavy (non-hydrogen) atoms. The Morgan fingerprint density at radius 1 is 0.286 bits per heavy atom. The third-order valence-electron chi connectivity index (χ3n) is 14.4. The number of nitrogens with zero attached hydrogens (tertiary/aromatic N) is 2. The van der Waals surface area contributed by atoms with Gasteiger partial charge in [0.15, 0.2) is 0 Å². The zero-order chi connectivity index (χ0) is 45.9. The second-order valence-corrected chi connectivity index (χ2v) is 18.4. The molecule has 0 aromatic heterocycles. The summed E-state index contributed by atoms with van der Waals surface area (Å²) in [5.74, 6) is 5.91. The van der Waals surface area contributed by atoms with Gasteiger partial charge in [-0.15, -0.1) is 0 Å². The molecule has 0 radical (unpaired) electrons. The van der Waals surface area contributed by atoms with Crippen LogP contribution in [-0.2, 0) is 0 Å². The number of para-hydroxylation sites is 4. The van der Waals surface area contributed by atoms with Crippen LogP contribution in [0.3, 0.4) is 0 Å². The van der Waals surface area contributed by atoms with E-state index in [1.807, 2.05) is 30.3 Å². The zero-order valence-corrected chi connectivity index (χ0v) is 37.6. The van der Waals surface area contributed by atoms with Crippen molar-refractivity contribution in [3.63, 3.8) is 0 Å². The summed E-state index contributed by atoms with van der Waals surface area (Å²) in [4.78, 5) is 4.80. The number of fused-ring (bicyclic) bond motifs is 10. The summed E-state index contributed by atoms with van der Waals surface area (Å²) in [6.07, 6.45) is 0. The minimum atomic E-state index is -0.165. The van der Waals surface area contributed by atoms with Gasteiger partial charge in [0, 0.05) is 69.9 Å². The molecule has 326 valence electrons. The average molecular weight is 897 g/mol. The van der Waals surface area contributed by atoms with Gasteiger partial charge in [0.1, 0.15) is 46.0 Å². The van der Waals surface area contributed by atoms with Gasteiger partial charge in [0.2, 0.25) is 0 Å². The second-order valence-electron chi connectivity index (χ2n) is 18.4. The molecule has 0 unspecified atom stereocenters. The average Bonchev–Trinajstić information content (AvgIpc) is 3.40. The summed E-state index contributed by atoms with van der Waals surface area (Å²) >= 11 is 0. The van der Waals surface area contributed by atoms with Gasteiger partial charge in [-0.2, -0.15) is 0 Å². The molecule has 4 heterocycles. The first-order chi connectivity index (χ1) is 34.7.